The van der Waals surface area contributed by atoms with Gasteiger partial charge in [0.1, 0.15) is 5.00 Å². The van der Waals surface area contributed by atoms with E-state index in [9.17, 15) is 9.59 Å². The van der Waals surface area contributed by atoms with Gasteiger partial charge in [-0.15, -0.1) is 11.3 Å². The van der Waals surface area contributed by atoms with Crippen LogP contribution in [0.1, 0.15) is 46.1 Å². The normalized spacial score (nSPS) is 16.6. The van der Waals surface area contributed by atoms with Crippen LogP contribution in [0.25, 0.3) is 6.08 Å². The molecule has 4 nitrogen and oxygen atoms in total. The van der Waals surface area contributed by atoms with Crippen molar-refractivity contribution in [2.24, 2.45) is 11.7 Å². The third kappa shape index (κ3) is 3.99. The van der Waals surface area contributed by atoms with Crippen LogP contribution in [0, 0.1) is 5.92 Å². The summed E-state index contributed by atoms with van der Waals surface area (Å²) in [5.41, 5.74) is 8.07. The lowest BCUT2D eigenvalue weighted by Gasteiger charge is -2.20. The van der Waals surface area contributed by atoms with Crippen LogP contribution >= 0.6 is 11.3 Å². The van der Waals surface area contributed by atoms with Gasteiger partial charge in [0, 0.05) is 11.0 Å². The van der Waals surface area contributed by atoms with E-state index < -0.39 is 5.91 Å². The molecule has 1 atom stereocenters. The van der Waals surface area contributed by atoms with Crippen molar-refractivity contribution < 1.29 is 9.59 Å². The maximum absolute atomic E-state index is 12.3. The van der Waals surface area contributed by atoms with Crippen molar-refractivity contribution in [3.63, 3.8) is 0 Å². The molecule has 1 aliphatic rings. The Kier molecular flexibility index (Phi) is 5.34. The van der Waals surface area contributed by atoms with E-state index in [1.165, 1.54) is 22.3 Å². The van der Waals surface area contributed by atoms with Gasteiger partial charge in [-0.25, -0.2) is 0 Å². The van der Waals surface area contributed by atoms with Gasteiger partial charge in [0.2, 0.25) is 5.91 Å². The number of nitrogens with two attached hydrogens (primary N) is 1. The number of primary amides is 1. The van der Waals surface area contributed by atoms with E-state index in [1.54, 1.807) is 6.08 Å². The maximum atomic E-state index is 12.3. The van der Waals surface area contributed by atoms with Crippen LogP contribution in [0.2, 0.25) is 0 Å². The van der Waals surface area contributed by atoms with Gasteiger partial charge in [-0.2, -0.15) is 0 Å². The molecule has 2 aromatic rings. The highest BCUT2D eigenvalue weighted by molar-refractivity contribution is 7.17. The Morgan fingerprint density at radius 2 is 2.08 bits per heavy atom. The van der Waals surface area contributed by atoms with Crippen LogP contribution in [0.4, 0.5) is 5.00 Å². The number of benzene rings is 1. The van der Waals surface area contributed by atoms with E-state index >= 15 is 0 Å². The van der Waals surface area contributed by atoms with Crippen molar-refractivity contribution in [3.8, 4) is 0 Å². The van der Waals surface area contributed by atoms with Crippen molar-refractivity contribution in [2.75, 3.05) is 5.32 Å². The molecule has 1 aliphatic carbocycles. The first-order valence-electron chi connectivity index (χ1n) is 8.57. The fraction of sp³-hybridized carbons (Fsp3) is 0.300. The number of rotatable bonds is 5. The quantitative estimate of drug-likeness (QED) is 0.796. The van der Waals surface area contributed by atoms with Crippen LogP contribution in [0.5, 0.6) is 0 Å². The average molecular weight is 354 g/mol. The zero-order valence-corrected chi connectivity index (χ0v) is 15.1. The van der Waals surface area contributed by atoms with Crippen LogP contribution in [-0.4, -0.2) is 11.8 Å². The Morgan fingerprint density at radius 1 is 1.32 bits per heavy atom. The third-order valence-electron chi connectivity index (χ3n) is 4.65. The first-order chi connectivity index (χ1) is 12.1. The van der Waals surface area contributed by atoms with Gasteiger partial charge in [0.15, 0.2) is 0 Å². The predicted octanol–water partition coefficient (Wildman–Crippen LogP) is 4.01. The zero-order valence-electron chi connectivity index (χ0n) is 14.2. The second kappa shape index (κ2) is 7.66. The zero-order chi connectivity index (χ0) is 17.8. The Balaban J connectivity index is 1.80. The largest absolute Gasteiger partial charge is 0.365 e. The number of fused-ring (bicyclic) bond motifs is 1. The highest BCUT2D eigenvalue weighted by atomic mass is 32.1. The predicted molar refractivity (Wildman–Crippen MR) is 103 cm³/mol. The molecule has 1 aromatic heterocycles. The lowest BCUT2D eigenvalue weighted by atomic mass is 9.85. The Hall–Kier alpha value is -2.40. The van der Waals surface area contributed by atoms with E-state index in [-0.39, 0.29) is 5.91 Å². The number of anilines is 1. The number of carbonyl (C=O) groups is 2. The molecule has 1 heterocycles. The van der Waals surface area contributed by atoms with E-state index in [1.807, 2.05) is 30.3 Å². The van der Waals surface area contributed by atoms with Gasteiger partial charge in [0.25, 0.3) is 5.91 Å². The highest BCUT2D eigenvalue weighted by Gasteiger charge is 2.27. The number of hydrogen-bond donors (Lipinski definition) is 2. The van der Waals surface area contributed by atoms with Crippen LogP contribution in [-0.2, 0) is 17.6 Å². The minimum Gasteiger partial charge on any atom is -0.365 e. The van der Waals surface area contributed by atoms with Crippen molar-refractivity contribution in [3.05, 3.63) is 58.0 Å². The van der Waals surface area contributed by atoms with E-state index in [4.69, 9.17) is 5.73 Å². The molecule has 0 fully saturated rings. The molecule has 0 bridgehead atoms. The van der Waals surface area contributed by atoms with Gasteiger partial charge >= 0.3 is 0 Å². The molecule has 0 aliphatic heterocycles. The van der Waals surface area contributed by atoms with Crippen molar-refractivity contribution in [1.29, 1.82) is 0 Å². The van der Waals surface area contributed by atoms with Crippen molar-refractivity contribution >= 4 is 34.2 Å². The average Bonchev–Trinajstić information content (AvgIpc) is 2.97. The van der Waals surface area contributed by atoms with Gasteiger partial charge < -0.3 is 11.1 Å². The minimum atomic E-state index is -0.463. The monoisotopic (exact) mass is 354 g/mol. The summed E-state index contributed by atoms with van der Waals surface area (Å²) in [6.45, 7) is 2.19. The summed E-state index contributed by atoms with van der Waals surface area (Å²) >= 11 is 1.49. The Morgan fingerprint density at radius 3 is 2.76 bits per heavy atom. The number of amides is 2. The fourth-order valence-corrected chi connectivity index (χ4v) is 4.61. The summed E-state index contributed by atoms with van der Waals surface area (Å²) in [6.07, 6.45) is 7.25. The summed E-state index contributed by atoms with van der Waals surface area (Å²) in [5.74, 6) is -0.0693. The molecular formula is C20H22N2O2S. The topological polar surface area (TPSA) is 72.2 Å². The Bertz CT molecular complexity index is 809. The summed E-state index contributed by atoms with van der Waals surface area (Å²) in [5, 5.41) is 3.42. The molecular weight excluding hydrogens is 332 g/mol. The Labute approximate surface area is 151 Å². The van der Waals surface area contributed by atoms with E-state index in [0.717, 1.165) is 36.8 Å². The first-order valence-corrected chi connectivity index (χ1v) is 9.38. The third-order valence-corrected chi connectivity index (χ3v) is 5.82. The standard InChI is InChI=1S/C20H22N2O2S/c1-2-13-8-10-15-16(12-13)25-20(18(15)19(21)24)22-17(23)11-9-14-6-4-3-5-7-14/h3-7,9,11,13H,2,8,10,12H2,1H3,(H2,21,24)(H,22,23)/b11-9-/t13-/m0/s1. The summed E-state index contributed by atoms with van der Waals surface area (Å²) in [4.78, 5) is 25.4. The van der Waals surface area contributed by atoms with Gasteiger partial charge in [0.05, 0.1) is 5.56 Å². The lowest BCUT2D eigenvalue weighted by molar-refractivity contribution is -0.111. The second-order valence-electron chi connectivity index (χ2n) is 6.32. The van der Waals surface area contributed by atoms with Gasteiger partial charge in [-0.05, 0) is 42.4 Å². The molecule has 3 rings (SSSR count). The van der Waals surface area contributed by atoms with Crippen molar-refractivity contribution in [2.45, 2.75) is 32.6 Å². The number of carbonyl (C=O) groups excluding carboxylic acids is 2. The molecule has 0 spiro atoms. The lowest BCUT2D eigenvalue weighted by Crippen LogP contribution is -2.19. The molecule has 25 heavy (non-hydrogen) atoms. The second-order valence-corrected chi connectivity index (χ2v) is 7.43. The molecule has 0 saturated carbocycles. The summed E-state index contributed by atoms with van der Waals surface area (Å²) in [7, 11) is 0. The van der Waals surface area contributed by atoms with E-state index in [0.29, 0.717) is 16.5 Å². The first kappa shape index (κ1) is 17.4. The number of hydrogen-bond acceptors (Lipinski definition) is 3. The molecule has 130 valence electrons. The fourth-order valence-electron chi connectivity index (χ4n) is 3.24. The highest BCUT2D eigenvalue weighted by Crippen LogP contribution is 2.40. The summed E-state index contributed by atoms with van der Waals surface area (Å²) < 4.78 is 0. The number of nitrogens with one attached hydrogen (secondary N) is 1. The number of thiophene rings is 1. The minimum absolute atomic E-state index is 0.253. The molecule has 1 aromatic carbocycles. The summed E-state index contributed by atoms with van der Waals surface area (Å²) in [6, 6.07) is 9.61. The molecule has 0 saturated heterocycles. The molecule has 3 N–H and O–H groups in total. The van der Waals surface area contributed by atoms with Crippen LogP contribution in [0.3, 0.4) is 0 Å². The molecule has 0 radical (unpaired) electrons. The molecule has 0 unspecified atom stereocenters. The van der Waals surface area contributed by atoms with Crippen molar-refractivity contribution in [1.82, 2.24) is 0 Å². The van der Waals surface area contributed by atoms with Gasteiger partial charge in [-0.3, -0.25) is 9.59 Å². The van der Waals surface area contributed by atoms with Crippen LogP contribution < -0.4 is 11.1 Å². The van der Waals surface area contributed by atoms with Gasteiger partial charge in [-0.1, -0.05) is 43.7 Å². The van der Waals surface area contributed by atoms with E-state index in [2.05, 4.69) is 12.2 Å². The maximum Gasteiger partial charge on any atom is 0.251 e. The van der Waals surface area contributed by atoms with Crippen LogP contribution in [0.15, 0.2) is 36.4 Å². The smallest absolute Gasteiger partial charge is 0.251 e. The SMILES string of the molecule is CC[C@H]1CCc2c(sc(NC(=O)/C=C\c3ccccc3)c2C(N)=O)C1. The molecule has 5 heteroatoms. The molecule has 2 amide bonds.